The maximum absolute atomic E-state index is 5.69. The third kappa shape index (κ3) is 4.28. The fourth-order valence-electron chi connectivity index (χ4n) is 1.63. The normalized spacial score (nSPS) is 13.4. The number of aryl methyl sites for hydroxylation is 1. The summed E-state index contributed by atoms with van der Waals surface area (Å²) in [6, 6.07) is 0. The summed E-state index contributed by atoms with van der Waals surface area (Å²) in [4.78, 5) is 6.76. The molecule has 0 saturated heterocycles. The Balaban J connectivity index is 2.38. The minimum absolute atomic E-state index is 0.606. The van der Waals surface area contributed by atoms with Crippen LogP contribution in [-0.2, 0) is 6.54 Å². The lowest BCUT2D eigenvalue weighted by atomic mass is 10.1. The molecule has 0 amide bonds. The molecule has 15 heavy (non-hydrogen) atoms. The molecule has 1 heterocycles. The van der Waals surface area contributed by atoms with Gasteiger partial charge in [0.15, 0.2) is 0 Å². The highest BCUT2D eigenvalue weighted by atomic mass is 32.1. The van der Waals surface area contributed by atoms with Crippen molar-refractivity contribution < 1.29 is 0 Å². The van der Waals surface area contributed by atoms with E-state index >= 15 is 0 Å². The number of hydrogen-bond acceptors (Lipinski definition) is 4. The molecule has 86 valence electrons. The minimum atomic E-state index is 0.606. The number of hydrogen-bond donors (Lipinski definition) is 1. The minimum Gasteiger partial charge on any atom is -0.330 e. The van der Waals surface area contributed by atoms with Crippen molar-refractivity contribution in [3.63, 3.8) is 0 Å². The largest absolute Gasteiger partial charge is 0.330 e. The average molecular weight is 227 g/mol. The van der Waals surface area contributed by atoms with Crippen molar-refractivity contribution in [2.45, 2.75) is 26.8 Å². The second-order valence-electron chi connectivity index (χ2n) is 4.06. The van der Waals surface area contributed by atoms with Crippen molar-refractivity contribution in [1.82, 2.24) is 9.88 Å². The summed E-state index contributed by atoms with van der Waals surface area (Å²) in [6.07, 6.45) is 1.15. The molecule has 0 fully saturated rings. The van der Waals surface area contributed by atoms with Gasteiger partial charge in [-0.25, -0.2) is 4.98 Å². The molecule has 0 aliphatic heterocycles. The molecule has 1 aromatic heterocycles. The zero-order valence-corrected chi connectivity index (χ0v) is 10.7. The first-order valence-corrected chi connectivity index (χ1v) is 6.33. The first-order chi connectivity index (χ1) is 7.15. The highest BCUT2D eigenvalue weighted by molar-refractivity contribution is 7.09. The lowest BCUT2D eigenvalue weighted by Gasteiger charge is -2.21. The van der Waals surface area contributed by atoms with Crippen LogP contribution in [0.2, 0.25) is 0 Å². The van der Waals surface area contributed by atoms with Crippen LogP contribution >= 0.6 is 11.3 Å². The van der Waals surface area contributed by atoms with Crippen molar-refractivity contribution in [3.8, 4) is 0 Å². The van der Waals surface area contributed by atoms with E-state index < -0.39 is 0 Å². The third-order valence-corrected chi connectivity index (χ3v) is 3.40. The number of rotatable bonds is 6. The zero-order chi connectivity index (χ0) is 11.3. The Kier molecular flexibility index (Phi) is 5.22. The molecular formula is C11H21N3S. The van der Waals surface area contributed by atoms with E-state index in [1.54, 1.807) is 11.3 Å². The molecule has 0 aromatic carbocycles. The molecule has 0 radical (unpaired) electrons. The van der Waals surface area contributed by atoms with Gasteiger partial charge < -0.3 is 10.6 Å². The summed E-state index contributed by atoms with van der Waals surface area (Å²) in [7, 11) is 2.13. The van der Waals surface area contributed by atoms with Gasteiger partial charge in [0.2, 0.25) is 0 Å². The summed E-state index contributed by atoms with van der Waals surface area (Å²) in [5, 5.41) is 3.28. The van der Waals surface area contributed by atoms with Crippen LogP contribution in [0.5, 0.6) is 0 Å². The molecule has 0 saturated carbocycles. The quantitative estimate of drug-likeness (QED) is 0.806. The van der Waals surface area contributed by atoms with E-state index in [2.05, 4.69) is 29.2 Å². The predicted octanol–water partition coefficient (Wildman–Crippen LogP) is 1.87. The van der Waals surface area contributed by atoms with Crippen LogP contribution in [0.15, 0.2) is 5.38 Å². The topological polar surface area (TPSA) is 42.1 Å². The summed E-state index contributed by atoms with van der Waals surface area (Å²) < 4.78 is 0. The number of thiazole rings is 1. The molecule has 1 rings (SSSR count). The average Bonchev–Trinajstić information content (AvgIpc) is 2.60. The Morgan fingerprint density at radius 1 is 1.60 bits per heavy atom. The molecule has 3 nitrogen and oxygen atoms in total. The van der Waals surface area contributed by atoms with Gasteiger partial charge in [0.25, 0.3) is 0 Å². The molecule has 4 heteroatoms. The highest BCUT2D eigenvalue weighted by Crippen LogP contribution is 2.11. The van der Waals surface area contributed by atoms with Crippen LogP contribution in [0.4, 0.5) is 0 Å². The van der Waals surface area contributed by atoms with Gasteiger partial charge in [-0.1, -0.05) is 13.3 Å². The second kappa shape index (κ2) is 6.20. The number of aromatic nitrogens is 1. The zero-order valence-electron chi connectivity index (χ0n) is 9.86. The Bertz CT molecular complexity index is 281. The second-order valence-corrected chi connectivity index (χ2v) is 5.13. The Morgan fingerprint density at radius 2 is 2.33 bits per heavy atom. The van der Waals surface area contributed by atoms with Crippen molar-refractivity contribution in [2.24, 2.45) is 11.7 Å². The van der Waals surface area contributed by atoms with Gasteiger partial charge in [0, 0.05) is 18.5 Å². The van der Waals surface area contributed by atoms with Crippen LogP contribution in [0, 0.1) is 12.8 Å². The first kappa shape index (κ1) is 12.6. The maximum atomic E-state index is 5.69. The van der Waals surface area contributed by atoms with Crippen molar-refractivity contribution >= 4 is 11.3 Å². The van der Waals surface area contributed by atoms with Gasteiger partial charge >= 0.3 is 0 Å². The van der Waals surface area contributed by atoms with Crippen LogP contribution < -0.4 is 5.73 Å². The molecule has 2 N–H and O–H groups in total. The Labute approximate surface area is 96.3 Å². The van der Waals surface area contributed by atoms with Gasteiger partial charge in [-0.05, 0) is 26.4 Å². The van der Waals surface area contributed by atoms with Crippen LogP contribution in [-0.4, -0.2) is 30.0 Å². The Hall–Kier alpha value is -0.450. The molecule has 0 spiro atoms. The molecule has 1 atom stereocenters. The van der Waals surface area contributed by atoms with E-state index in [1.807, 2.05) is 6.92 Å². The van der Waals surface area contributed by atoms with Gasteiger partial charge in [0.1, 0.15) is 0 Å². The summed E-state index contributed by atoms with van der Waals surface area (Å²) in [5.41, 5.74) is 6.86. The summed E-state index contributed by atoms with van der Waals surface area (Å²) in [6.45, 7) is 7.00. The maximum Gasteiger partial charge on any atom is 0.0897 e. The van der Waals surface area contributed by atoms with E-state index in [-0.39, 0.29) is 0 Å². The smallest absolute Gasteiger partial charge is 0.0897 e. The standard InChI is InChI=1S/C11H21N3S/c1-4-10(5-12)6-14(3)7-11-8-15-9(2)13-11/h8,10H,4-7,12H2,1-3H3. The van der Waals surface area contributed by atoms with E-state index in [9.17, 15) is 0 Å². The molecule has 1 aromatic rings. The lowest BCUT2D eigenvalue weighted by Crippen LogP contribution is -2.29. The molecule has 0 bridgehead atoms. The fraction of sp³-hybridized carbons (Fsp3) is 0.727. The van der Waals surface area contributed by atoms with Crippen molar-refractivity contribution in [3.05, 3.63) is 16.1 Å². The summed E-state index contributed by atoms with van der Waals surface area (Å²) in [5.74, 6) is 0.606. The predicted molar refractivity (Wildman–Crippen MR) is 66.0 cm³/mol. The van der Waals surface area contributed by atoms with E-state index in [0.29, 0.717) is 5.92 Å². The van der Waals surface area contributed by atoms with Gasteiger partial charge in [-0.3, -0.25) is 0 Å². The van der Waals surface area contributed by atoms with Gasteiger partial charge in [0.05, 0.1) is 10.7 Å². The molecule has 0 aliphatic rings. The third-order valence-electron chi connectivity index (χ3n) is 2.58. The van der Waals surface area contributed by atoms with E-state index in [0.717, 1.165) is 31.1 Å². The SMILES string of the molecule is CCC(CN)CN(C)Cc1csc(C)n1. The van der Waals surface area contributed by atoms with E-state index in [1.165, 1.54) is 5.69 Å². The van der Waals surface area contributed by atoms with Crippen LogP contribution in [0.1, 0.15) is 24.0 Å². The molecular weight excluding hydrogens is 206 g/mol. The molecule has 0 aliphatic carbocycles. The highest BCUT2D eigenvalue weighted by Gasteiger charge is 2.09. The Morgan fingerprint density at radius 3 is 2.80 bits per heavy atom. The van der Waals surface area contributed by atoms with Crippen LogP contribution in [0.25, 0.3) is 0 Å². The van der Waals surface area contributed by atoms with Gasteiger partial charge in [-0.2, -0.15) is 0 Å². The van der Waals surface area contributed by atoms with Crippen molar-refractivity contribution in [2.75, 3.05) is 20.1 Å². The monoisotopic (exact) mass is 227 g/mol. The van der Waals surface area contributed by atoms with E-state index in [4.69, 9.17) is 5.73 Å². The van der Waals surface area contributed by atoms with Crippen LogP contribution in [0.3, 0.4) is 0 Å². The first-order valence-electron chi connectivity index (χ1n) is 5.45. The lowest BCUT2D eigenvalue weighted by molar-refractivity contribution is 0.265. The van der Waals surface area contributed by atoms with Crippen molar-refractivity contribution in [1.29, 1.82) is 0 Å². The number of nitrogens with zero attached hydrogens (tertiary/aromatic N) is 2. The fourth-order valence-corrected chi connectivity index (χ4v) is 2.24. The number of nitrogens with two attached hydrogens (primary N) is 1. The van der Waals surface area contributed by atoms with Gasteiger partial charge in [-0.15, -0.1) is 11.3 Å². The molecule has 1 unspecified atom stereocenters. The summed E-state index contributed by atoms with van der Waals surface area (Å²) >= 11 is 1.71.